The van der Waals surface area contributed by atoms with Crippen LogP contribution < -0.4 is 5.73 Å². The van der Waals surface area contributed by atoms with Crippen LogP contribution in [0.5, 0.6) is 0 Å². The number of pyridine rings is 1. The van der Waals surface area contributed by atoms with Gasteiger partial charge >= 0.3 is 0 Å². The molecule has 1 fully saturated rings. The van der Waals surface area contributed by atoms with Crippen LogP contribution in [-0.2, 0) is 4.79 Å². The number of nitrogens with two attached hydrogens (primary N) is 1. The van der Waals surface area contributed by atoms with Crippen LogP contribution >= 0.6 is 0 Å². The Kier molecular flexibility index (Phi) is 3.66. The Labute approximate surface area is 108 Å². The first kappa shape index (κ1) is 13.0. The van der Waals surface area contributed by atoms with E-state index in [1.54, 1.807) is 0 Å². The third kappa shape index (κ3) is 2.38. The second-order valence-electron chi connectivity index (χ2n) is 5.28. The van der Waals surface area contributed by atoms with E-state index in [9.17, 15) is 4.79 Å². The van der Waals surface area contributed by atoms with Gasteiger partial charge < -0.3 is 10.6 Å². The Balaban J connectivity index is 2.36. The van der Waals surface area contributed by atoms with Crippen molar-refractivity contribution in [3.8, 4) is 0 Å². The molecule has 2 heterocycles. The van der Waals surface area contributed by atoms with E-state index in [1.807, 2.05) is 44.0 Å². The van der Waals surface area contributed by atoms with Crippen molar-refractivity contribution in [3.05, 3.63) is 29.6 Å². The number of aryl methyl sites for hydroxylation is 1. The summed E-state index contributed by atoms with van der Waals surface area (Å²) in [6.07, 6.45) is 3.14. The van der Waals surface area contributed by atoms with Crippen molar-refractivity contribution in [2.45, 2.75) is 51.7 Å². The molecule has 1 saturated heterocycles. The number of hydrogen-bond donors (Lipinski definition) is 1. The first-order valence-corrected chi connectivity index (χ1v) is 6.50. The zero-order chi connectivity index (χ0) is 13.3. The molecule has 1 aliphatic heterocycles. The summed E-state index contributed by atoms with van der Waals surface area (Å²) in [6, 6.07) is 4.12. The fraction of sp³-hybridized carbons (Fsp3) is 0.571. The van der Waals surface area contributed by atoms with Crippen LogP contribution in [0.3, 0.4) is 0 Å². The molecule has 4 heteroatoms. The number of piperidine rings is 1. The molecule has 0 radical (unpaired) electrons. The lowest BCUT2D eigenvalue weighted by Gasteiger charge is -2.42. The van der Waals surface area contributed by atoms with Crippen LogP contribution in [0.15, 0.2) is 18.3 Å². The second-order valence-corrected chi connectivity index (χ2v) is 5.28. The van der Waals surface area contributed by atoms with Crippen molar-refractivity contribution >= 4 is 5.91 Å². The Morgan fingerprint density at radius 1 is 1.44 bits per heavy atom. The van der Waals surface area contributed by atoms with E-state index >= 15 is 0 Å². The summed E-state index contributed by atoms with van der Waals surface area (Å²) in [4.78, 5) is 18.3. The monoisotopic (exact) mass is 247 g/mol. The van der Waals surface area contributed by atoms with Crippen LogP contribution in [0.1, 0.15) is 44.0 Å². The average molecular weight is 247 g/mol. The van der Waals surface area contributed by atoms with Gasteiger partial charge in [0.15, 0.2) is 0 Å². The zero-order valence-corrected chi connectivity index (χ0v) is 11.3. The van der Waals surface area contributed by atoms with Gasteiger partial charge in [-0.1, -0.05) is 6.07 Å². The van der Waals surface area contributed by atoms with Gasteiger partial charge in [0, 0.05) is 30.4 Å². The Bertz CT molecular complexity index is 427. The number of aromatic nitrogens is 1. The SMILES string of the molecule is Cc1ccc(C2C(N)CCC(=O)N2C(C)C)cn1. The van der Waals surface area contributed by atoms with Gasteiger partial charge in [-0.15, -0.1) is 0 Å². The van der Waals surface area contributed by atoms with Gasteiger partial charge in [0.05, 0.1) is 6.04 Å². The minimum Gasteiger partial charge on any atom is -0.332 e. The van der Waals surface area contributed by atoms with Crippen LogP contribution in [0, 0.1) is 6.92 Å². The lowest BCUT2D eigenvalue weighted by molar-refractivity contribution is -0.139. The summed E-state index contributed by atoms with van der Waals surface area (Å²) in [5, 5.41) is 0. The van der Waals surface area contributed by atoms with Crippen molar-refractivity contribution in [1.29, 1.82) is 0 Å². The van der Waals surface area contributed by atoms with Gasteiger partial charge in [0.2, 0.25) is 5.91 Å². The molecular weight excluding hydrogens is 226 g/mol. The molecule has 0 bridgehead atoms. The fourth-order valence-electron chi connectivity index (χ4n) is 2.61. The summed E-state index contributed by atoms with van der Waals surface area (Å²) in [5.74, 6) is 0.192. The van der Waals surface area contributed by atoms with E-state index in [0.29, 0.717) is 6.42 Å². The molecule has 2 unspecified atom stereocenters. The predicted molar refractivity (Wildman–Crippen MR) is 70.9 cm³/mol. The molecule has 1 aromatic rings. The highest BCUT2D eigenvalue weighted by molar-refractivity contribution is 5.78. The molecule has 18 heavy (non-hydrogen) atoms. The first-order valence-electron chi connectivity index (χ1n) is 6.50. The number of rotatable bonds is 2. The molecule has 0 aromatic carbocycles. The number of amides is 1. The summed E-state index contributed by atoms with van der Waals surface area (Å²) >= 11 is 0. The van der Waals surface area contributed by atoms with Crippen molar-refractivity contribution in [2.75, 3.05) is 0 Å². The normalized spacial score (nSPS) is 24.7. The maximum absolute atomic E-state index is 12.1. The fourth-order valence-corrected chi connectivity index (χ4v) is 2.61. The number of carbonyl (C=O) groups is 1. The van der Waals surface area contributed by atoms with Crippen molar-refractivity contribution < 1.29 is 4.79 Å². The average Bonchev–Trinajstić information content (AvgIpc) is 2.32. The molecule has 0 spiro atoms. The Morgan fingerprint density at radius 2 is 2.17 bits per heavy atom. The van der Waals surface area contributed by atoms with Gasteiger partial charge in [-0.25, -0.2) is 0 Å². The maximum Gasteiger partial charge on any atom is 0.223 e. The molecule has 98 valence electrons. The van der Waals surface area contributed by atoms with E-state index in [2.05, 4.69) is 4.98 Å². The molecule has 1 amide bonds. The third-order valence-corrected chi connectivity index (χ3v) is 3.52. The van der Waals surface area contributed by atoms with Gasteiger partial charge in [0.1, 0.15) is 0 Å². The topological polar surface area (TPSA) is 59.2 Å². The van der Waals surface area contributed by atoms with Crippen LogP contribution in [0.2, 0.25) is 0 Å². The van der Waals surface area contributed by atoms with Crippen molar-refractivity contribution in [2.24, 2.45) is 5.73 Å². The largest absolute Gasteiger partial charge is 0.332 e. The van der Waals surface area contributed by atoms with Gasteiger partial charge in [-0.2, -0.15) is 0 Å². The van der Waals surface area contributed by atoms with Gasteiger partial charge in [-0.05, 0) is 38.8 Å². The number of likely N-dealkylation sites (tertiary alicyclic amines) is 1. The summed E-state index contributed by atoms with van der Waals surface area (Å²) in [6.45, 7) is 6.02. The number of hydrogen-bond acceptors (Lipinski definition) is 3. The molecule has 2 atom stereocenters. The lowest BCUT2D eigenvalue weighted by atomic mass is 9.90. The zero-order valence-electron chi connectivity index (χ0n) is 11.3. The molecule has 4 nitrogen and oxygen atoms in total. The van der Waals surface area contributed by atoms with E-state index in [1.165, 1.54) is 0 Å². The highest BCUT2D eigenvalue weighted by Crippen LogP contribution is 2.32. The molecule has 0 saturated carbocycles. The standard InChI is InChI=1S/C14H21N3O/c1-9(2)17-13(18)7-6-12(15)14(17)11-5-4-10(3)16-8-11/h4-5,8-9,12,14H,6-7,15H2,1-3H3. The number of nitrogens with zero attached hydrogens (tertiary/aromatic N) is 2. The highest BCUT2D eigenvalue weighted by atomic mass is 16.2. The second kappa shape index (κ2) is 5.06. The third-order valence-electron chi connectivity index (χ3n) is 3.52. The Hall–Kier alpha value is -1.42. The highest BCUT2D eigenvalue weighted by Gasteiger charge is 2.36. The molecule has 0 aliphatic carbocycles. The van der Waals surface area contributed by atoms with E-state index in [-0.39, 0.29) is 24.0 Å². The number of carbonyl (C=O) groups excluding carboxylic acids is 1. The quantitative estimate of drug-likeness (QED) is 0.866. The van der Waals surface area contributed by atoms with Crippen LogP contribution in [0.4, 0.5) is 0 Å². The van der Waals surface area contributed by atoms with Gasteiger partial charge in [-0.3, -0.25) is 9.78 Å². The van der Waals surface area contributed by atoms with E-state index < -0.39 is 0 Å². The van der Waals surface area contributed by atoms with E-state index in [0.717, 1.165) is 17.7 Å². The summed E-state index contributed by atoms with van der Waals surface area (Å²) in [7, 11) is 0. The molecule has 1 aliphatic rings. The first-order chi connectivity index (χ1) is 8.50. The van der Waals surface area contributed by atoms with Crippen molar-refractivity contribution in [1.82, 2.24) is 9.88 Å². The molecule has 2 rings (SSSR count). The minimum absolute atomic E-state index is 0.00499. The molecule has 2 N–H and O–H groups in total. The van der Waals surface area contributed by atoms with Gasteiger partial charge in [0.25, 0.3) is 0 Å². The minimum atomic E-state index is -0.0423. The maximum atomic E-state index is 12.1. The van der Waals surface area contributed by atoms with Crippen LogP contribution in [-0.4, -0.2) is 27.9 Å². The lowest BCUT2D eigenvalue weighted by Crippen LogP contribution is -2.51. The molecule has 1 aromatic heterocycles. The summed E-state index contributed by atoms with van der Waals surface area (Å²) < 4.78 is 0. The van der Waals surface area contributed by atoms with E-state index in [4.69, 9.17) is 5.73 Å². The Morgan fingerprint density at radius 3 is 2.72 bits per heavy atom. The smallest absolute Gasteiger partial charge is 0.223 e. The van der Waals surface area contributed by atoms with Crippen LogP contribution in [0.25, 0.3) is 0 Å². The predicted octanol–water partition coefficient (Wildman–Crippen LogP) is 1.79. The van der Waals surface area contributed by atoms with Crippen molar-refractivity contribution in [3.63, 3.8) is 0 Å². The summed E-state index contributed by atoms with van der Waals surface area (Å²) in [5.41, 5.74) is 8.23. The molecular formula is C14H21N3O.